The van der Waals surface area contributed by atoms with Crippen molar-refractivity contribution in [1.29, 1.82) is 0 Å². The number of hydrogen-bond donors (Lipinski definition) is 1. The summed E-state index contributed by atoms with van der Waals surface area (Å²) in [4.78, 5) is 32.2. The van der Waals surface area contributed by atoms with Crippen LogP contribution in [0.5, 0.6) is 5.75 Å². The van der Waals surface area contributed by atoms with Crippen molar-refractivity contribution in [3.8, 4) is 16.3 Å². The molecule has 7 heteroatoms. The van der Waals surface area contributed by atoms with Gasteiger partial charge in [-0.15, -0.1) is 11.3 Å². The zero-order chi connectivity index (χ0) is 23.5. The summed E-state index contributed by atoms with van der Waals surface area (Å²) in [5.74, 6) is 0.883. The highest BCUT2D eigenvalue weighted by molar-refractivity contribution is 7.13. The number of para-hydroxylation sites is 1. The van der Waals surface area contributed by atoms with Crippen LogP contribution < -0.4 is 10.1 Å². The number of benzene rings is 2. The molecule has 0 spiro atoms. The monoisotopic (exact) mass is 475 g/mol. The van der Waals surface area contributed by atoms with Crippen molar-refractivity contribution >= 4 is 23.2 Å². The summed E-state index contributed by atoms with van der Waals surface area (Å²) in [5.41, 5.74) is 3.45. The Morgan fingerprint density at radius 1 is 1.09 bits per heavy atom. The summed E-state index contributed by atoms with van der Waals surface area (Å²) in [5, 5.41) is 5.84. The molecular weight excluding hydrogens is 446 g/mol. The summed E-state index contributed by atoms with van der Waals surface area (Å²) in [6.45, 7) is 3.11. The average Bonchev–Trinajstić information content (AvgIpc) is 3.78. The number of thiazole rings is 1. The highest BCUT2D eigenvalue weighted by Gasteiger charge is 2.33. The molecule has 3 aromatic rings. The van der Waals surface area contributed by atoms with Crippen LogP contribution in [-0.4, -0.2) is 40.4 Å². The third-order valence-corrected chi connectivity index (χ3v) is 7.02. The summed E-state index contributed by atoms with van der Waals surface area (Å²) in [6, 6.07) is 16.1. The highest BCUT2D eigenvalue weighted by atomic mass is 32.1. The minimum absolute atomic E-state index is 0.0191. The molecule has 0 bridgehead atoms. The molecule has 0 aliphatic heterocycles. The Morgan fingerprint density at radius 2 is 1.85 bits per heavy atom. The van der Waals surface area contributed by atoms with Crippen molar-refractivity contribution < 1.29 is 14.3 Å². The smallest absolute Gasteiger partial charge is 0.251 e. The second-order valence-corrected chi connectivity index (χ2v) is 9.81. The predicted octanol–water partition coefficient (Wildman–Crippen LogP) is 4.83. The molecule has 2 amide bonds. The molecule has 2 fully saturated rings. The Kier molecular flexibility index (Phi) is 6.63. The van der Waals surface area contributed by atoms with E-state index in [1.54, 1.807) is 0 Å². The molecule has 0 radical (unpaired) electrons. The molecule has 0 atom stereocenters. The first-order valence-corrected chi connectivity index (χ1v) is 12.8. The van der Waals surface area contributed by atoms with Gasteiger partial charge < -0.3 is 15.0 Å². The number of carbonyl (C=O) groups is 2. The maximum atomic E-state index is 13.2. The zero-order valence-electron chi connectivity index (χ0n) is 19.3. The third kappa shape index (κ3) is 5.47. The fraction of sp³-hybridized carbons (Fsp3) is 0.370. The number of aromatic nitrogens is 1. The van der Waals surface area contributed by atoms with Gasteiger partial charge in [-0.25, -0.2) is 4.98 Å². The number of amides is 2. The maximum Gasteiger partial charge on any atom is 0.251 e. The van der Waals surface area contributed by atoms with Crippen LogP contribution in [0.15, 0.2) is 53.9 Å². The molecule has 2 aliphatic rings. The van der Waals surface area contributed by atoms with Gasteiger partial charge in [-0.3, -0.25) is 9.59 Å². The van der Waals surface area contributed by atoms with E-state index < -0.39 is 0 Å². The molecule has 5 rings (SSSR count). The van der Waals surface area contributed by atoms with Crippen LogP contribution in [0, 0.1) is 0 Å². The number of carbonyl (C=O) groups excluding carboxylic acids is 2. The molecule has 1 heterocycles. The minimum atomic E-state index is -0.0191. The van der Waals surface area contributed by atoms with E-state index in [1.807, 2.05) is 65.7 Å². The lowest BCUT2D eigenvalue weighted by molar-refractivity contribution is -0.131. The maximum absolute atomic E-state index is 13.2. The van der Waals surface area contributed by atoms with Gasteiger partial charge in [0.25, 0.3) is 5.91 Å². The number of hydrogen-bond acceptors (Lipinski definition) is 5. The molecule has 1 N–H and O–H groups in total. The topological polar surface area (TPSA) is 71.5 Å². The number of nitrogens with zero attached hydrogens (tertiary/aromatic N) is 2. The summed E-state index contributed by atoms with van der Waals surface area (Å²) in [7, 11) is 0. The first-order chi connectivity index (χ1) is 16.6. The van der Waals surface area contributed by atoms with Gasteiger partial charge >= 0.3 is 0 Å². The summed E-state index contributed by atoms with van der Waals surface area (Å²) >= 11 is 1.54. The Balaban J connectivity index is 1.24. The van der Waals surface area contributed by atoms with E-state index in [1.165, 1.54) is 11.3 Å². The number of rotatable bonds is 10. The van der Waals surface area contributed by atoms with E-state index in [4.69, 9.17) is 9.72 Å². The van der Waals surface area contributed by atoms with Crippen LogP contribution in [0.4, 0.5) is 0 Å². The van der Waals surface area contributed by atoms with Crippen molar-refractivity contribution in [2.45, 2.75) is 57.7 Å². The van der Waals surface area contributed by atoms with Crippen molar-refractivity contribution in [2.24, 2.45) is 0 Å². The van der Waals surface area contributed by atoms with Crippen LogP contribution >= 0.6 is 11.3 Å². The molecule has 2 aromatic carbocycles. The van der Waals surface area contributed by atoms with Gasteiger partial charge in [0.1, 0.15) is 10.8 Å². The van der Waals surface area contributed by atoms with E-state index in [9.17, 15) is 9.59 Å². The van der Waals surface area contributed by atoms with Crippen molar-refractivity contribution in [3.63, 3.8) is 0 Å². The lowest BCUT2D eigenvalue weighted by Crippen LogP contribution is -2.34. The Morgan fingerprint density at radius 3 is 2.56 bits per heavy atom. The second kappa shape index (κ2) is 9.97. The van der Waals surface area contributed by atoms with Crippen LogP contribution in [-0.2, 0) is 17.8 Å². The molecular formula is C27H29N3O3S. The molecule has 6 nitrogen and oxygen atoms in total. The van der Waals surface area contributed by atoms with Crippen molar-refractivity contribution in [1.82, 2.24) is 15.2 Å². The van der Waals surface area contributed by atoms with E-state index in [0.29, 0.717) is 30.8 Å². The number of nitrogens with one attached hydrogen (secondary N) is 1. The minimum Gasteiger partial charge on any atom is -0.493 e. The van der Waals surface area contributed by atoms with Gasteiger partial charge in [-0.1, -0.05) is 24.3 Å². The lowest BCUT2D eigenvalue weighted by Gasteiger charge is -2.22. The van der Waals surface area contributed by atoms with Crippen molar-refractivity contribution in [3.05, 3.63) is 70.7 Å². The molecule has 1 aromatic heterocycles. The molecule has 176 valence electrons. The average molecular weight is 476 g/mol. The SMILES string of the molecule is CCOc1ccccc1-c1nc(CC(=O)N(Cc2ccc(C(=O)NC3CC3)cc2)C2CC2)cs1. The van der Waals surface area contributed by atoms with Crippen LogP contribution in [0.2, 0.25) is 0 Å². The molecule has 0 saturated heterocycles. The molecule has 0 unspecified atom stereocenters. The van der Waals surface area contributed by atoms with Gasteiger partial charge in [-0.2, -0.15) is 0 Å². The third-order valence-electron chi connectivity index (χ3n) is 6.09. The van der Waals surface area contributed by atoms with Gasteiger partial charge in [-0.05, 0) is 62.4 Å². The van der Waals surface area contributed by atoms with Crippen LogP contribution in [0.25, 0.3) is 10.6 Å². The predicted molar refractivity (Wildman–Crippen MR) is 133 cm³/mol. The van der Waals surface area contributed by atoms with Crippen LogP contribution in [0.3, 0.4) is 0 Å². The number of ether oxygens (including phenoxy) is 1. The summed E-state index contributed by atoms with van der Waals surface area (Å²) in [6.07, 6.45) is 4.50. The quantitative estimate of drug-likeness (QED) is 0.456. The Labute approximate surface area is 204 Å². The van der Waals surface area contributed by atoms with Gasteiger partial charge in [0.2, 0.25) is 5.91 Å². The van der Waals surface area contributed by atoms with Crippen LogP contribution in [0.1, 0.15) is 54.2 Å². The first kappa shape index (κ1) is 22.6. The lowest BCUT2D eigenvalue weighted by atomic mass is 10.1. The normalized spacial score (nSPS) is 15.1. The van der Waals surface area contributed by atoms with E-state index in [-0.39, 0.29) is 18.2 Å². The standard InChI is InChI=1S/C27H29N3O3S/c1-2-33-24-6-4-3-5-23(24)27-29-21(17-34-27)15-25(31)30(22-13-14-22)16-18-7-9-19(10-8-18)26(32)28-20-11-12-20/h3-10,17,20,22H,2,11-16H2,1H3,(H,28,32). The van der Waals surface area contributed by atoms with Gasteiger partial charge in [0.15, 0.2) is 0 Å². The fourth-order valence-electron chi connectivity index (χ4n) is 3.95. The van der Waals surface area contributed by atoms with Crippen molar-refractivity contribution in [2.75, 3.05) is 6.61 Å². The fourth-order valence-corrected chi connectivity index (χ4v) is 4.80. The largest absolute Gasteiger partial charge is 0.493 e. The van der Waals surface area contributed by atoms with Gasteiger partial charge in [0.05, 0.1) is 24.3 Å². The van der Waals surface area contributed by atoms with Gasteiger partial charge in [0, 0.05) is 29.6 Å². The zero-order valence-corrected chi connectivity index (χ0v) is 20.1. The van der Waals surface area contributed by atoms with E-state index >= 15 is 0 Å². The van der Waals surface area contributed by atoms with E-state index in [2.05, 4.69) is 5.32 Å². The molecule has 34 heavy (non-hydrogen) atoms. The first-order valence-electron chi connectivity index (χ1n) is 12.0. The highest BCUT2D eigenvalue weighted by Crippen LogP contribution is 2.33. The van der Waals surface area contributed by atoms with E-state index in [0.717, 1.165) is 53.3 Å². The summed E-state index contributed by atoms with van der Waals surface area (Å²) < 4.78 is 5.74. The Bertz CT molecular complexity index is 1170. The molecule has 2 aliphatic carbocycles. The Hall–Kier alpha value is -3.19. The molecule has 2 saturated carbocycles. The second-order valence-electron chi connectivity index (χ2n) is 8.95.